The average Bonchev–Trinajstić information content (AvgIpc) is 2.83. The molecule has 0 amide bonds. The topological polar surface area (TPSA) is 80.7 Å². The number of benzene rings is 1. The second-order valence-corrected chi connectivity index (χ2v) is 4.28. The SMILES string of the molecule is Nc1nnc(-c2cc3cc(Br)ccc3[nH]2)o1. The molecule has 3 aromatic rings. The van der Waals surface area contributed by atoms with Crippen molar-refractivity contribution >= 4 is 32.8 Å². The highest BCUT2D eigenvalue weighted by Gasteiger charge is 2.09. The summed E-state index contributed by atoms with van der Waals surface area (Å²) in [6, 6.07) is 7.95. The first-order valence-corrected chi connectivity index (χ1v) is 5.39. The Balaban J connectivity index is 2.18. The summed E-state index contributed by atoms with van der Waals surface area (Å²) in [5, 5.41) is 8.50. The molecule has 0 saturated carbocycles. The molecule has 1 aromatic carbocycles. The second kappa shape index (κ2) is 3.34. The number of nitrogens with zero attached hydrogens (tertiary/aromatic N) is 2. The van der Waals surface area contributed by atoms with Gasteiger partial charge < -0.3 is 15.1 Å². The lowest BCUT2D eigenvalue weighted by Gasteiger charge is -1.89. The third-order valence-corrected chi connectivity index (χ3v) is 2.75. The molecule has 0 fully saturated rings. The van der Waals surface area contributed by atoms with Gasteiger partial charge in [-0.05, 0) is 24.3 Å². The van der Waals surface area contributed by atoms with E-state index in [0.717, 1.165) is 21.1 Å². The van der Waals surface area contributed by atoms with Crippen molar-refractivity contribution in [2.24, 2.45) is 0 Å². The molecule has 0 saturated heterocycles. The third kappa shape index (κ3) is 1.47. The summed E-state index contributed by atoms with van der Waals surface area (Å²) in [7, 11) is 0. The Morgan fingerprint density at radius 1 is 1.25 bits per heavy atom. The summed E-state index contributed by atoms with van der Waals surface area (Å²) < 4.78 is 6.17. The maximum atomic E-state index is 5.37. The van der Waals surface area contributed by atoms with Crippen molar-refractivity contribution in [3.63, 3.8) is 0 Å². The normalized spacial score (nSPS) is 11.1. The van der Waals surface area contributed by atoms with Crippen molar-refractivity contribution < 1.29 is 4.42 Å². The highest BCUT2D eigenvalue weighted by molar-refractivity contribution is 9.10. The average molecular weight is 279 g/mol. The summed E-state index contributed by atoms with van der Waals surface area (Å²) in [5.41, 5.74) is 7.14. The van der Waals surface area contributed by atoms with E-state index in [1.54, 1.807) is 0 Å². The number of nitrogens with one attached hydrogen (secondary N) is 1. The van der Waals surface area contributed by atoms with Crippen LogP contribution in [0.3, 0.4) is 0 Å². The van der Waals surface area contributed by atoms with Gasteiger partial charge in [-0.15, -0.1) is 5.10 Å². The molecular formula is C10H7BrN4O. The molecule has 80 valence electrons. The number of anilines is 1. The van der Waals surface area contributed by atoms with Gasteiger partial charge in [-0.2, -0.15) is 0 Å². The Morgan fingerprint density at radius 2 is 2.12 bits per heavy atom. The number of nitrogens with two attached hydrogens (primary N) is 1. The van der Waals surface area contributed by atoms with Crippen LogP contribution in [0.4, 0.5) is 6.01 Å². The first-order valence-electron chi connectivity index (χ1n) is 4.60. The van der Waals surface area contributed by atoms with Gasteiger partial charge in [-0.25, -0.2) is 0 Å². The largest absolute Gasteiger partial charge is 0.402 e. The number of aromatic nitrogens is 3. The van der Waals surface area contributed by atoms with E-state index < -0.39 is 0 Å². The fourth-order valence-electron chi connectivity index (χ4n) is 1.56. The van der Waals surface area contributed by atoms with Crippen LogP contribution >= 0.6 is 15.9 Å². The van der Waals surface area contributed by atoms with E-state index in [0.29, 0.717) is 5.89 Å². The zero-order chi connectivity index (χ0) is 11.1. The maximum Gasteiger partial charge on any atom is 0.313 e. The van der Waals surface area contributed by atoms with E-state index in [-0.39, 0.29) is 6.01 Å². The Kier molecular flexibility index (Phi) is 1.97. The van der Waals surface area contributed by atoms with Crippen molar-refractivity contribution in [2.75, 3.05) is 5.73 Å². The lowest BCUT2D eigenvalue weighted by molar-refractivity contribution is 0.588. The molecule has 0 atom stereocenters. The quantitative estimate of drug-likeness (QED) is 0.717. The Morgan fingerprint density at radius 3 is 2.88 bits per heavy atom. The molecule has 6 heteroatoms. The minimum Gasteiger partial charge on any atom is -0.402 e. The van der Waals surface area contributed by atoms with E-state index in [2.05, 4.69) is 31.1 Å². The molecule has 0 unspecified atom stereocenters. The number of rotatable bonds is 1. The van der Waals surface area contributed by atoms with Gasteiger partial charge in [0.1, 0.15) is 5.69 Å². The Bertz CT molecular complexity index is 658. The lowest BCUT2D eigenvalue weighted by atomic mass is 10.2. The monoisotopic (exact) mass is 278 g/mol. The minimum absolute atomic E-state index is 0.0647. The fraction of sp³-hybridized carbons (Fsp3) is 0. The summed E-state index contributed by atoms with van der Waals surface area (Å²) >= 11 is 3.42. The maximum absolute atomic E-state index is 5.37. The highest BCUT2D eigenvalue weighted by Crippen LogP contribution is 2.25. The van der Waals surface area contributed by atoms with Crippen LogP contribution in [0.15, 0.2) is 33.2 Å². The van der Waals surface area contributed by atoms with E-state index in [1.807, 2.05) is 24.3 Å². The number of fused-ring (bicyclic) bond motifs is 1. The van der Waals surface area contributed by atoms with Crippen LogP contribution in [0.2, 0.25) is 0 Å². The number of halogens is 1. The van der Waals surface area contributed by atoms with Gasteiger partial charge in [0.25, 0.3) is 5.89 Å². The standard InChI is InChI=1S/C10H7BrN4O/c11-6-1-2-7-5(3-6)4-8(13-7)9-14-15-10(12)16-9/h1-4,13H,(H2,12,15). The molecule has 16 heavy (non-hydrogen) atoms. The molecular weight excluding hydrogens is 272 g/mol. The fourth-order valence-corrected chi connectivity index (χ4v) is 1.94. The molecule has 0 spiro atoms. The van der Waals surface area contributed by atoms with Crippen LogP contribution < -0.4 is 5.73 Å². The van der Waals surface area contributed by atoms with Crippen molar-refractivity contribution in [3.8, 4) is 11.6 Å². The van der Waals surface area contributed by atoms with Gasteiger partial charge in [-0.3, -0.25) is 0 Å². The zero-order valence-electron chi connectivity index (χ0n) is 8.07. The molecule has 0 bridgehead atoms. The number of H-pyrrole nitrogens is 1. The van der Waals surface area contributed by atoms with Crippen molar-refractivity contribution in [3.05, 3.63) is 28.7 Å². The van der Waals surface area contributed by atoms with Gasteiger partial charge in [0.15, 0.2) is 0 Å². The van der Waals surface area contributed by atoms with Gasteiger partial charge in [0, 0.05) is 15.4 Å². The van der Waals surface area contributed by atoms with E-state index >= 15 is 0 Å². The van der Waals surface area contributed by atoms with Crippen LogP contribution in [-0.4, -0.2) is 15.2 Å². The Hall–Kier alpha value is -1.82. The Labute approximate surface area is 98.8 Å². The zero-order valence-corrected chi connectivity index (χ0v) is 9.65. The van der Waals surface area contributed by atoms with E-state index in [1.165, 1.54) is 0 Å². The first kappa shape index (κ1) is 9.41. The van der Waals surface area contributed by atoms with Crippen LogP contribution in [0, 0.1) is 0 Å². The van der Waals surface area contributed by atoms with Gasteiger partial charge in [0.2, 0.25) is 0 Å². The second-order valence-electron chi connectivity index (χ2n) is 3.36. The predicted octanol–water partition coefficient (Wildman–Crippen LogP) is 2.56. The smallest absolute Gasteiger partial charge is 0.313 e. The van der Waals surface area contributed by atoms with Gasteiger partial charge in [0.05, 0.1) is 0 Å². The number of nitrogen functional groups attached to an aromatic ring is 1. The molecule has 0 radical (unpaired) electrons. The first-order chi connectivity index (χ1) is 7.72. The summed E-state index contributed by atoms with van der Waals surface area (Å²) in [5.74, 6) is 0.393. The van der Waals surface area contributed by atoms with Gasteiger partial charge in [-0.1, -0.05) is 21.0 Å². The van der Waals surface area contributed by atoms with E-state index in [9.17, 15) is 0 Å². The number of hydrogen-bond acceptors (Lipinski definition) is 4. The van der Waals surface area contributed by atoms with Crippen LogP contribution in [-0.2, 0) is 0 Å². The minimum atomic E-state index is 0.0647. The van der Waals surface area contributed by atoms with Crippen molar-refractivity contribution in [1.82, 2.24) is 15.2 Å². The molecule has 5 nitrogen and oxygen atoms in total. The molecule has 0 aliphatic heterocycles. The van der Waals surface area contributed by atoms with E-state index in [4.69, 9.17) is 10.2 Å². The summed E-state index contributed by atoms with van der Waals surface area (Å²) in [6.07, 6.45) is 0. The molecule has 3 N–H and O–H groups in total. The highest BCUT2D eigenvalue weighted by atomic mass is 79.9. The molecule has 3 rings (SSSR count). The third-order valence-electron chi connectivity index (χ3n) is 2.25. The number of aromatic amines is 1. The van der Waals surface area contributed by atoms with Crippen LogP contribution in [0.5, 0.6) is 0 Å². The van der Waals surface area contributed by atoms with Crippen molar-refractivity contribution in [1.29, 1.82) is 0 Å². The van der Waals surface area contributed by atoms with Crippen LogP contribution in [0.1, 0.15) is 0 Å². The predicted molar refractivity (Wildman–Crippen MR) is 63.7 cm³/mol. The molecule has 2 aromatic heterocycles. The van der Waals surface area contributed by atoms with Crippen LogP contribution in [0.25, 0.3) is 22.5 Å². The van der Waals surface area contributed by atoms with Gasteiger partial charge >= 0.3 is 6.01 Å². The van der Waals surface area contributed by atoms with Crippen molar-refractivity contribution in [2.45, 2.75) is 0 Å². The molecule has 2 heterocycles. The number of hydrogen-bond donors (Lipinski definition) is 2. The molecule has 0 aliphatic carbocycles. The molecule has 0 aliphatic rings. The summed E-state index contributed by atoms with van der Waals surface area (Å²) in [4.78, 5) is 3.18. The summed E-state index contributed by atoms with van der Waals surface area (Å²) in [6.45, 7) is 0. The lowest BCUT2D eigenvalue weighted by Crippen LogP contribution is -1.81.